The molecule has 1 N–H and O–H groups in total. The van der Waals surface area contributed by atoms with E-state index < -0.39 is 11.9 Å². The average molecular weight is 437 g/mol. The molecule has 0 saturated carbocycles. The third-order valence-corrected chi connectivity index (χ3v) is 5.52. The van der Waals surface area contributed by atoms with E-state index >= 15 is 0 Å². The van der Waals surface area contributed by atoms with Crippen molar-refractivity contribution < 1.29 is 28.9 Å². The minimum Gasteiger partial charge on any atom is -0.493 e. The monoisotopic (exact) mass is 436 g/mol. The summed E-state index contributed by atoms with van der Waals surface area (Å²) in [6, 6.07) is 17.4. The first-order valence-corrected chi connectivity index (χ1v) is 10.5. The van der Waals surface area contributed by atoms with Crippen molar-refractivity contribution in [1.29, 1.82) is 0 Å². The largest absolute Gasteiger partial charge is 0.493 e. The minimum atomic E-state index is -0.970. The standard InChI is InChI=1S/C26H28O6/c1-4-18(26(28)29)14-22(27)21-15-23(31-3)25(32-16-30-2)24-19(11-8-12-20(21)24)13-17-9-6-5-7-10-17/h5-12,15,18H,4,13-14,16H2,1-3H3,(H,28,29). The molecule has 3 aromatic carbocycles. The summed E-state index contributed by atoms with van der Waals surface area (Å²) in [7, 11) is 3.05. The Morgan fingerprint density at radius 3 is 2.41 bits per heavy atom. The van der Waals surface area contributed by atoms with Gasteiger partial charge in [-0.15, -0.1) is 0 Å². The Morgan fingerprint density at radius 1 is 1.03 bits per heavy atom. The van der Waals surface area contributed by atoms with E-state index in [1.54, 1.807) is 13.0 Å². The van der Waals surface area contributed by atoms with Crippen LogP contribution in [0.3, 0.4) is 0 Å². The molecule has 0 radical (unpaired) electrons. The Bertz CT molecular complexity index is 1090. The minimum absolute atomic E-state index is 0.0232. The van der Waals surface area contributed by atoms with E-state index in [1.807, 2.05) is 48.5 Å². The van der Waals surface area contributed by atoms with E-state index in [0.29, 0.717) is 35.3 Å². The Balaban J connectivity index is 2.20. The third kappa shape index (κ3) is 5.08. The predicted octanol–water partition coefficient (Wildman–Crippen LogP) is 5.11. The predicted molar refractivity (Wildman–Crippen MR) is 123 cm³/mol. The van der Waals surface area contributed by atoms with Gasteiger partial charge in [-0.05, 0) is 35.4 Å². The van der Waals surface area contributed by atoms with Crippen LogP contribution in [0, 0.1) is 5.92 Å². The lowest BCUT2D eigenvalue weighted by molar-refractivity contribution is -0.141. The number of carboxylic acids is 1. The van der Waals surface area contributed by atoms with Gasteiger partial charge >= 0.3 is 5.97 Å². The normalized spacial score (nSPS) is 11.8. The van der Waals surface area contributed by atoms with Crippen molar-refractivity contribution in [3.63, 3.8) is 0 Å². The molecule has 0 aliphatic rings. The van der Waals surface area contributed by atoms with Gasteiger partial charge in [0.2, 0.25) is 0 Å². The quantitative estimate of drug-likeness (QED) is 0.332. The van der Waals surface area contributed by atoms with E-state index in [-0.39, 0.29) is 19.0 Å². The molecule has 3 aromatic rings. The smallest absolute Gasteiger partial charge is 0.306 e. The lowest BCUT2D eigenvalue weighted by Gasteiger charge is -2.19. The van der Waals surface area contributed by atoms with Crippen molar-refractivity contribution in [1.82, 2.24) is 0 Å². The maximum Gasteiger partial charge on any atom is 0.306 e. The molecule has 32 heavy (non-hydrogen) atoms. The first-order valence-electron chi connectivity index (χ1n) is 10.5. The molecule has 3 rings (SSSR count). The van der Waals surface area contributed by atoms with Gasteiger partial charge in [0.1, 0.15) is 0 Å². The van der Waals surface area contributed by atoms with E-state index in [1.165, 1.54) is 14.2 Å². The maximum atomic E-state index is 13.2. The van der Waals surface area contributed by atoms with Crippen molar-refractivity contribution >= 4 is 22.5 Å². The fourth-order valence-electron chi connectivity index (χ4n) is 3.84. The lowest BCUT2D eigenvalue weighted by atomic mass is 9.90. The van der Waals surface area contributed by atoms with Crippen LogP contribution in [0.5, 0.6) is 11.5 Å². The van der Waals surface area contributed by atoms with Crippen molar-refractivity contribution in [2.75, 3.05) is 21.0 Å². The fourth-order valence-corrected chi connectivity index (χ4v) is 3.84. The topological polar surface area (TPSA) is 82.1 Å². The second-order valence-electron chi connectivity index (χ2n) is 7.58. The van der Waals surface area contributed by atoms with Gasteiger partial charge in [-0.3, -0.25) is 9.59 Å². The number of Topliss-reactive ketones (excluding diaryl/α,β-unsaturated/α-hetero) is 1. The van der Waals surface area contributed by atoms with Gasteiger partial charge in [-0.25, -0.2) is 0 Å². The highest BCUT2D eigenvalue weighted by atomic mass is 16.7. The molecule has 0 fully saturated rings. The zero-order valence-electron chi connectivity index (χ0n) is 18.6. The molecule has 0 spiro atoms. The summed E-state index contributed by atoms with van der Waals surface area (Å²) in [6.07, 6.45) is 0.935. The van der Waals surface area contributed by atoms with Gasteiger partial charge < -0.3 is 19.3 Å². The number of hydrogen-bond acceptors (Lipinski definition) is 5. The molecule has 6 heteroatoms. The van der Waals surface area contributed by atoms with Crippen LogP contribution in [0.2, 0.25) is 0 Å². The number of ketones is 1. The molecule has 0 aliphatic heterocycles. The summed E-state index contributed by atoms with van der Waals surface area (Å²) in [5.74, 6) is -1.04. The molecular formula is C26H28O6. The van der Waals surface area contributed by atoms with Crippen LogP contribution < -0.4 is 9.47 Å². The summed E-state index contributed by atoms with van der Waals surface area (Å²) in [5, 5.41) is 10.9. The summed E-state index contributed by atoms with van der Waals surface area (Å²) < 4.78 is 16.6. The molecular weight excluding hydrogens is 408 g/mol. The molecule has 0 heterocycles. The molecule has 0 amide bonds. The highest BCUT2D eigenvalue weighted by Gasteiger charge is 2.25. The Kier molecular flexibility index (Phi) is 7.84. The molecule has 1 unspecified atom stereocenters. The summed E-state index contributed by atoms with van der Waals surface area (Å²) in [6.45, 7) is 1.79. The molecule has 0 saturated heterocycles. The molecule has 0 aromatic heterocycles. The zero-order valence-corrected chi connectivity index (χ0v) is 18.6. The fraction of sp³-hybridized carbons (Fsp3) is 0.308. The van der Waals surface area contributed by atoms with Crippen LogP contribution in [0.1, 0.15) is 41.3 Å². The number of ether oxygens (including phenoxy) is 3. The Hall–Kier alpha value is -3.38. The number of hydrogen-bond donors (Lipinski definition) is 1. The van der Waals surface area contributed by atoms with Crippen LogP contribution in [-0.4, -0.2) is 37.9 Å². The molecule has 0 bridgehead atoms. The van der Waals surface area contributed by atoms with E-state index in [4.69, 9.17) is 14.2 Å². The summed E-state index contributed by atoms with van der Waals surface area (Å²) in [5.41, 5.74) is 2.51. The number of carbonyl (C=O) groups excluding carboxylic acids is 1. The van der Waals surface area contributed by atoms with Crippen LogP contribution in [0.25, 0.3) is 10.8 Å². The Labute approximate surface area is 187 Å². The molecule has 168 valence electrons. The van der Waals surface area contributed by atoms with Gasteiger partial charge in [0, 0.05) is 24.5 Å². The highest BCUT2D eigenvalue weighted by Crippen LogP contribution is 2.41. The van der Waals surface area contributed by atoms with E-state index in [9.17, 15) is 14.7 Å². The number of methoxy groups -OCH3 is 2. The van der Waals surface area contributed by atoms with Gasteiger partial charge in [0.25, 0.3) is 0 Å². The SMILES string of the molecule is CCC(CC(=O)c1cc(OC)c(OCOC)c2c(Cc3ccccc3)cccc12)C(=O)O. The molecule has 1 atom stereocenters. The highest BCUT2D eigenvalue weighted by molar-refractivity contribution is 6.12. The zero-order chi connectivity index (χ0) is 23.1. The van der Waals surface area contributed by atoms with Crippen LogP contribution in [-0.2, 0) is 16.0 Å². The van der Waals surface area contributed by atoms with Gasteiger partial charge in [0.15, 0.2) is 24.1 Å². The number of aliphatic carboxylic acids is 1. The van der Waals surface area contributed by atoms with Gasteiger partial charge in [-0.2, -0.15) is 0 Å². The first-order chi connectivity index (χ1) is 15.5. The van der Waals surface area contributed by atoms with Crippen molar-refractivity contribution in [2.45, 2.75) is 26.2 Å². The third-order valence-electron chi connectivity index (χ3n) is 5.52. The van der Waals surface area contributed by atoms with Crippen LogP contribution >= 0.6 is 0 Å². The van der Waals surface area contributed by atoms with E-state index in [2.05, 4.69) is 0 Å². The van der Waals surface area contributed by atoms with Crippen LogP contribution in [0.15, 0.2) is 54.6 Å². The summed E-state index contributed by atoms with van der Waals surface area (Å²) in [4.78, 5) is 24.7. The molecule has 6 nitrogen and oxygen atoms in total. The number of rotatable bonds is 11. The maximum absolute atomic E-state index is 13.2. The van der Waals surface area contributed by atoms with Gasteiger partial charge in [0.05, 0.1) is 13.0 Å². The Morgan fingerprint density at radius 2 is 1.78 bits per heavy atom. The summed E-state index contributed by atoms with van der Waals surface area (Å²) >= 11 is 0. The lowest BCUT2D eigenvalue weighted by Crippen LogP contribution is -2.17. The van der Waals surface area contributed by atoms with Gasteiger partial charge in [-0.1, -0.05) is 55.5 Å². The molecule has 0 aliphatic carbocycles. The second-order valence-corrected chi connectivity index (χ2v) is 7.58. The second kappa shape index (κ2) is 10.8. The van der Waals surface area contributed by atoms with Crippen molar-refractivity contribution in [2.24, 2.45) is 5.92 Å². The van der Waals surface area contributed by atoms with E-state index in [0.717, 1.165) is 16.5 Å². The number of fused-ring (bicyclic) bond motifs is 1. The number of carboxylic acid groups (broad SMARTS) is 1. The van der Waals surface area contributed by atoms with Crippen molar-refractivity contribution in [3.8, 4) is 11.5 Å². The number of carbonyl (C=O) groups is 2. The average Bonchev–Trinajstić information content (AvgIpc) is 2.81. The van der Waals surface area contributed by atoms with Crippen LogP contribution in [0.4, 0.5) is 0 Å². The first kappa shape index (κ1) is 23.3. The van der Waals surface area contributed by atoms with Crippen molar-refractivity contribution in [3.05, 3.63) is 71.3 Å². The number of benzene rings is 3.